The zero-order valence-corrected chi connectivity index (χ0v) is 37.0. The highest BCUT2D eigenvalue weighted by Crippen LogP contribution is 2.37. The molecule has 0 saturated carbocycles. The van der Waals surface area contributed by atoms with Crippen LogP contribution in [0.15, 0.2) is 91.0 Å². The predicted octanol–water partition coefficient (Wildman–Crippen LogP) is 6.45. The van der Waals surface area contributed by atoms with Crippen LogP contribution in [0.5, 0.6) is 0 Å². The number of carbonyl (C=O) groups is 3. The van der Waals surface area contributed by atoms with E-state index in [0.717, 1.165) is 16.7 Å². The van der Waals surface area contributed by atoms with Crippen molar-refractivity contribution < 1.29 is 66.5 Å². The second-order valence-electron chi connectivity index (χ2n) is 14.5. The van der Waals surface area contributed by atoms with Gasteiger partial charge in [-0.3, -0.25) is 15.0 Å². The number of hydrogen-bond acceptors (Lipinski definition) is 15. The number of benzene rings is 3. The summed E-state index contributed by atoms with van der Waals surface area (Å²) < 4.78 is 66.0. The van der Waals surface area contributed by atoms with Gasteiger partial charge >= 0.3 is 11.9 Å². The number of ether oxygens (including phenoxy) is 11. The van der Waals surface area contributed by atoms with Gasteiger partial charge in [-0.2, -0.15) is 0 Å². The van der Waals surface area contributed by atoms with E-state index in [9.17, 15) is 14.4 Å². The van der Waals surface area contributed by atoms with Gasteiger partial charge in [0.2, 0.25) is 12.2 Å². The number of ketones is 1. The molecule has 3 aromatic rings. The van der Waals surface area contributed by atoms with Crippen molar-refractivity contribution in [3.63, 3.8) is 0 Å². The first-order valence-corrected chi connectivity index (χ1v) is 21.0. The summed E-state index contributed by atoms with van der Waals surface area (Å²) in [7, 11) is 2.80. The average Bonchev–Trinajstić information content (AvgIpc) is 3.25. The minimum atomic E-state index is -2.29. The molecule has 1 unspecified atom stereocenters. The van der Waals surface area contributed by atoms with E-state index in [-0.39, 0.29) is 51.7 Å². The van der Waals surface area contributed by atoms with Crippen molar-refractivity contribution in [2.24, 2.45) is 0 Å². The van der Waals surface area contributed by atoms with Gasteiger partial charge in [-0.25, -0.2) is 0 Å². The van der Waals surface area contributed by atoms with Gasteiger partial charge in [0, 0.05) is 27.6 Å². The van der Waals surface area contributed by atoms with Crippen molar-refractivity contribution in [1.29, 1.82) is 5.41 Å². The number of nitrogens with one attached hydrogen (secondary N) is 1. The minimum absolute atomic E-state index is 0.0257. The van der Waals surface area contributed by atoms with E-state index < -0.39 is 83.0 Å². The smallest absolute Gasteiger partial charge is 0.306 e. The molecule has 2 aliphatic heterocycles. The maximum absolute atomic E-state index is 13.3. The summed E-state index contributed by atoms with van der Waals surface area (Å²) in [6.45, 7) is 2.72. The Morgan fingerprint density at radius 2 is 1.08 bits per heavy atom. The van der Waals surface area contributed by atoms with Crippen molar-refractivity contribution in [2.75, 3.05) is 27.4 Å². The highest BCUT2D eigenvalue weighted by Gasteiger charge is 2.56. The Labute approximate surface area is 375 Å². The number of methoxy groups -OCH3 is 2. The number of carbonyl (C=O) groups excluding carboxylic acids is 3. The number of alkyl halides is 3. The van der Waals surface area contributed by atoms with Crippen LogP contribution in [0, 0.1) is 5.41 Å². The topological polar surface area (TPSA) is 177 Å². The van der Waals surface area contributed by atoms with E-state index in [1.807, 2.05) is 91.0 Å². The quantitative estimate of drug-likeness (QED) is 0.0534. The zero-order valence-electron chi connectivity index (χ0n) is 34.7. The van der Waals surface area contributed by atoms with Crippen LogP contribution in [0.3, 0.4) is 0 Å². The van der Waals surface area contributed by atoms with E-state index in [0.29, 0.717) is 0 Å². The van der Waals surface area contributed by atoms with Crippen LogP contribution in [0.25, 0.3) is 0 Å². The van der Waals surface area contributed by atoms with E-state index in [1.165, 1.54) is 28.1 Å². The minimum Gasteiger partial charge on any atom is -0.457 e. The van der Waals surface area contributed by atoms with Crippen molar-refractivity contribution in [1.82, 2.24) is 0 Å². The highest BCUT2D eigenvalue weighted by atomic mass is 35.6. The molecule has 18 heteroatoms. The molecule has 10 atom stereocenters. The molecule has 0 aromatic heterocycles. The second kappa shape index (κ2) is 24.4. The summed E-state index contributed by atoms with van der Waals surface area (Å²) in [5, 5.41) is 8.32. The van der Waals surface area contributed by atoms with E-state index in [4.69, 9.17) is 92.3 Å². The first-order valence-electron chi connectivity index (χ1n) is 19.9. The lowest BCUT2D eigenvalue weighted by molar-refractivity contribution is -0.364. The van der Waals surface area contributed by atoms with E-state index in [1.54, 1.807) is 0 Å². The predicted molar refractivity (Wildman–Crippen MR) is 225 cm³/mol. The summed E-state index contributed by atoms with van der Waals surface area (Å²) in [6.07, 6.45) is -12.2. The fourth-order valence-corrected chi connectivity index (χ4v) is 7.03. The standard InChI is InChI=1S/C44H52Cl3NO14/c1-27(49)20-21-34(51)60-35-32(25-54-22-29-14-8-5-9-15-29)58-41(39(37(35)52-3)56-24-31-18-12-7-13-19-31)61-36-33(26-55-23-30-16-10-6-11-17-30)59-42(62-43(48)44(45,46)47)40(38(36)53-4)57-28(2)50/h5-19,32-33,35-42,48H,20-26H2,1-4H3/t32-,33-,35-,36-,37+,38+,39-,40-,41-,42?/m1/s1. The molecule has 0 amide bonds. The van der Waals surface area contributed by atoms with Crippen LogP contribution in [-0.4, -0.2) is 116 Å². The zero-order chi connectivity index (χ0) is 44.6. The van der Waals surface area contributed by atoms with Gasteiger partial charge in [-0.1, -0.05) is 126 Å². The Balaban J connectivity index is 1.53. The Hall–Kier alpha value is -3.71. The average molecular weight is 925 g/mol. The summed E-state index contributed by atoms with van der Waals surface area (Å²) in [5.41, 5.74) is 2.55. The third-order valence-electron chi connectivity index (χ3n) is 9.83. The Morgan fingerprint density at radius 1 is 0.597 bits per heavy atom. The Morgan fingerprint density at radius 3 is 1.56 bits per heavy atom. The number of esters is 2. The number of halogens is 3. The molecule has 0 aliphatic carbocycles. The van der Waals surface area contributed by atoms with Gasteiger partial charge in [0.05, 0.1) is 39.5 Å². The van der Waals surface area contributed by atoms with Crippen LogP contribution in [0.4, 0.5) is 0 Å². The lowest BCUT2D eigenvalue weighted by Gasteiger charge is -2.49. The molecular weight excluding hydrogens is 873 g/mol. The molecule has 0 bridgehead atoms. The largest absolute Gasteiger partial charge is 0.457 e. The van der Waals surface area contributed by atoms with Gasteiger partial charge in [-0.05, 0) is 23.6 Å². The van der Waals surface area contributed by atoms with E-state index >= 15 is 0 Å². The second-order valence-corrected chi connectivity index (χ2v) is 16.8. The van der Waals surface area contributed by atoms with Crippen LogP contribution in [-0.2, 0) is 86.3 Å². The van der Waals surface area contributed by atoms with Gasteiger partial charge in [0.25, 0.3) is 3.79 Å². The lowest BCUT2D eigenvalue weighted by Crippen LogP contribution is -2.66. The van der Waals surface area contributed by atoms with Crippen molar-refractivity contribution in [3.05, 3.63) is 108 Å². The summed E-state index contributed by atoms with van der Waals surface area (Å²) in [5.74, 6) is -2.39. The summed E-state index contributed by atoms with van der Waals surface area (Å²) in [4.78, 5) is 37.7. The van der Waals surface area contributed by atoms with Crippen molar-refractivity contribution >= 4 is 58.4 Å². The van der Waals surface area contributed by atoms with Gasteiger partial charge in [-0.15, -0.1) is 0 Å². The molecule has 0 spiro atoms. The van der Waals surface area contributed by atoms with Crippen LogP contribution in [0.2, 0.25) is 0 Å². The molecule has 2 saturated heterocycles. The molecule has 62 heavy (non-hydrogen) atoms. The highest BCUT2D eigenvalue weighted by molar-refractivity contribution is 6.76. The number of hydrogen-bond donors (Lipinski definition) is 1. The third kappa shape index (κ3) is 14.7. The van der Waals surface area contributed by atoms with Crippen LogP contribution < -0.4 is 0 Å². The molecule has 2 fully saturated rings. The van der Waals surface area contributed by atoms with Crippen LogP contribution in [0.1, 0.15) is 43.4 Å². The summed E-state index contributed by atoms with van der Waals surface area (Å²) >= 11 is 18.0. The molecule has 2 heterocycles. The molecule has 3 aromatic carbocycles. The van der Waals surface area contributed by atoms with Gasteiger partial charge in [0.15, 0.2) is 18.5 Å². The maximum Gasteiger partial charge on any atom is 0.306 e. The fourth-order valence-electron chi connectivity index (χ4n) is 6.89. The maximum atomic E-state index is 13.3. The third-order valence-corrected chi connectivity index (χ3v) is 10.3. The molecule has 0 radical (unpaired) electrons. The van der Waals surface area contributed by atoms with Crippen molar-refractivity contribution in [3.8, 4) is 0 Å². The normalized spacial score (nSPS) is 26.3. The Bertz CT molecular complexity index is 1860. The molecular formula is C44H52Cl3NO14. The van der Waals surface area contributed by atoms with Crippen molar-refractivity contribution in [2.45, 2.75) is 112 Å². The molecule has 2 aliphatic rings. The number of Topliss-reactive ketones (excluding diaryl/α,β-unsaturated/α-hetero) is 1. The monoisotopic (exact) mass is 923 g/mol. The molecule has 15 nitrogen and oxygen atoms in total. The number of rotatable bonds is 21. The first kappa shape index (κ1) is 49.3. The summed E-state index contributed by atoms with van der Waals surface area (Å²) in [6, 6.07) is 28.2. The van der Waals surface area contributed by atoms with Crippen LogP contribution >= 0.6 is 34.8 Å². The molecule has 338 valence electrons. The van der Waals surface area contributed by atoms with Gasteiger partial charge < -0.3 is 56.9 Å². The lowest BCUT2D eigenvalue weighted by atomic mass is 9.96. The molecule has 1 N–H and O–H groups in total. The van der Waals surface area contributed by atoms with Gasteiger partial charge in [0.1, 0.15) is 42.4 Å². The molecule has 5 rings (SSSR count). The first-order chi connectivity index (χ1) is 29.8. The van der Waals surface area contributed by atoms with E-state index in [2.05, 4.69) is 0 Å². The Kier molecular flexibility index (Phi) is 19.4. The fraction of sp³-hybridized carbons (Fsp3) is 0.500. The SMILES string of the molecule is CO[C@@H]1[C@@H](OCc2ccccc2)[C@@H](O[C@H]2[C@H](OC)[C@@H](OC(C)=O)C(OC(=N)C(Cl)(Cl)Cl)O[C@@H]2COCc2ccccc2)O[C@H](COCc2ccccc2)[C@H]1OC(=O)CCC(C)=O.